The Morgan fingerprint density at radius 1 is 1.17 bits per heavy atom. The first-order chi connectivity index (χ1) is 8.73. The van der Waals surface area contributed by atoms with Crippen molar-refractivity contribution in [1.29, 1.82) is 0 Å². The van der Waals surface area contributed by atoms with Crippen LogP contribution in [0.3, 0.4) is 0 Å². The Kier molecular flexibility index (Phi) is 4.37. The molecular formula is C15H20O3. The van der Waals surface area contributed by atoms with Crippen molar-refractivity contribution in [3.05, 3.63) is 35.9 Å². The summed E-state index contributed by atoms with van der Waals surface area (Å²) in [5.41, 5.74) is 0.265. The van der Waals surface area contributed by atoms with Crippen molar-refractivity contribution in [2.45, 2.75) is 44.1 Å². The van der Waals surface area contributed by atoms with E-state index in [9.17, 15) is 9.90 Å². The third kappa shape index (κ3) is 3.10. The van der Waals surface area contributed by atoms with Crippen molar-refractivity contribution in [2.24, 2.45) is 0 Å². The monoisotopic (exact) mass is 248 g/mol. The molecule has 1 N–H and O–H groups in total. The molecule has 1 aliphatic rings. The van der Waals surface area contributed by atoms with Gasteiger partial charge in [-0.15, -0.1) is 0 Å². The lowest BCUT2D eigenvalue weighted by Gasteiger charge is -2.33. The molecule has 2 rings (SSSR count). The number of hydrogen-bond acceptors (Lipinski definition) is 2. The zero-order chi connectivity index (χ0) is 12.8. The maximum absolute atomic E-state index is 11.4. The molecule has 0 atom stereocenters. The van der Waals surface area contributed by atoms with Crippen molar-refractivity contribution < 1.29 is 14.6 Å². The Labute approximate surface area is 108 Å². The first kappa shape index (κ1) is 13.1. The highest BCUT2D eigenvalue weighted by Gasteiger charge is 2.40. The van der Waals surface area contributed by atoms with Gasteiger partial charge in [-0.3, -0.25) is 0 Å². The van der Waals surface area contributed by atoms with Crippen molar-refractivity contribution in [3.63, 3.8) is 0 Å². The van der Waals surface area contributed by atoms with Gasteiger partial charge in [0.1, 0.15) is 0 Å². The molecule has 1 aromatic carbocycles. The number of hydrogen-bond donors (Lipinski definition) is 1. The van der Waals surface area contributed by atoms with Crippen LogP contribution in [0.5, 0.6) is 0 Å². The van der Waals surface area contributed by atoms with Gasteiger partial charge in [-0.05, 0) is 37.7 Å². The normalized spacial score (nSPS) is 18.4. The second-order valence-corrected chi connectivity index (χ2v) is 4.94. The van der Waals surface area contributed by atoms with Gasteiger partial charge in [-0.1, -0.05) is 36.8 Å². The van der Waals surface area contributed by atoms with Crippen LogP contribution in [0.4, 0.5) is 0 Å². The fraction of sp³-hybridized carbons (Fsp3) is 0.533. The minimum absolute atomic E-state index is 0.482. The van der Waals surface area contributed by atoms with Gasteiger partial charge in [0, 0.05) is 0 Å². The summed E-state index contributed by atoms with van der Waals surface area (Å²) in [7, 11) is 0. The molecule has 0 bridgehead atoms. The second-order valence-electron chi connectivity index (χ2n) is 4.94. The number of carbonyl (C=O) groups is 1. The Morgan fingerprint density at radius 2 is 1.83 bits per heavy atom. The lowest BCUT2D eigenvalue weighted by atomic mass is 9.84. The maximum atomic E-state index is 11.4. The highest BCUT2D eigenvalue weighted by molar-refractivity contribution is 5.77. The molecule has 0 aromatic heterocycles. The van der Waals surface area contributed by atoms with Crippen molar-refractivity contribution in [3.8, 4) is 0 Å². The molecule has 3 nitrogen and oxygen atoms in total. The molecule has 0 radical (unpaired) electrons. The van der Waals surface area contributed by atoms with Gasteiger partial charge in [0.05, 0.1) is 6.61 Å². The number of aliphatic carboxylic acids is 1. The molecule has 0 spiro atoms. The van der Waals surface area contributed by atoms with E-state index in [1.165, 1.54) is 5.56 Å². The highest BCUT2D eigenvalue weighted by atomic mass is 16.5. The Bertz CT molecular complexity index is 380. The SMILES string of the molecule is O=C(O)C1(OCCc2ccccc2)CCCCC1. The van der Waals surface area contributed by atoms with E-state index in [1.807, 2.05) is 30.3 Å². The lowest BCUT2D eigenvalue weighted by Crippen LogP contribution is -2.43. The van der Waals surface area contributed by atoms with Crippen LogP contribution in [0.1, 0.15) is 37.7 Å². The predicted octanol–water partition coefficient (Wildman–Crippen LogP) is 3.03. The molecule has 0 aliphatic heterocycles. The smallest absolute Gasteiger partial charge is 0.335 e. The topological polar surface area (TPSA) is 46.5 Å². The number of rotatable bonds is 5. The van der Waals surface area contributed by atoms with E-state index in [1.54, 1.807) is 0 Å². The number of ether oxygens (including phenoxy) is 1. The minimum atomic E-state index is -0.924. The van der Waals surface area contributed by atoms with Gasteiger partial charge in [0.2, 0.25) is 0 Å². The van der Waals surface area contributed by atoms with Crippen LogP contribution in [0.15, 0.2) is 30.3 Å². The van der Waals surface area contributed by atoms with E-state index in [2.05, 4.69) is 0 Å². The maximum Gasteiger partial charge on any atom is 0.335 e. The highest BCUT2D eigenvalue weighted by Crippen LogP contribution is 2.32. The summed E-state index contributed by atoms with van der Waals surface area (Å²) in [6.45, 7) is 0.482. The van der Waals surface area contributed by atoms with Gasteiger partial charge < -0.3 is 9.84 Å². The van der Waals surface area contributed by atoms with Crippen LogP contribution in [0.2, 0.25) is 0 Å². The molecule has 3 heteroatoms. The summed E-state index contributed by atoms with van der Waals surface area (Å²) >= 11 is 0. The van der Waals surface area contributed by atoms with Crippen LogP contribution in [-0.2, 0) is 16.0 Å². The second kappa shape index (κ2) is 6.01. The standard InChI is InChI=1S/C15H20O3/c16-14(17)15(10-5-2-6-11-15)18-12-9-13-7-3-1-4-8-13/h1,3-4,7-8H,2,5-6,9-12H2,(H,16,17). The zero-order valence-corrected chi connectivity index (χ0v) is 10.6. The molecule has 1 aliphatic carbocycles. The first-order valence-corrected chi connectivity index (χ1v) is 6.64. The third-order valence-electron chi connectivity index (χ3n) is 3.66. The van der Waals surface area contributed by atoms with E-state index in [-0.39, 0.29) is 0 Å². The Hall–Kier alpha value is -1.35. The Balaban J connectivity index is 1.88. The third-order valence-corrected chi connectivity index (χ3v) is 3.66. The summed E-state index contributed by atoms with van der Waals surface area (Å²) in [6.07, 6.45) is 5.11. The summed E-state index contributed by atoms with van der Waals surface area (Å²) in [6, 6.07) is 10.0. The van der Waals surface area contributed by atoms with Gasteiger partial charge in [0.15, 0.2) is 5.60 Å². The fourth-order valence-electron chi connectivity index (χ4n) is 2.55. The molecule has 98 valence electrons. The Morgan fingerprint density at radius 3 is 2.44 bits per heavy atom. The van der Waals surface area contributed by atoms with E-state index in [0.29, 0.717) is 19.4 Å². The van der Waals surface area contributed by atoms with Crippen LogP contribution in [0, 0.1) is 0 Å². The quantitative estimate of drug-likeness (QED) is 0.871. The number of benzene rings is 1. The van der Waals surface area contributed by atoms with Crippen LogP contribution in [0.25, 0.3) is 0 Å². The average molecular weight is 248 g/mol. The van der Waals surface area contributed by atoms with Crippen LogP contribution in [-0.4, -0.2) is 23.3 Å². The van der Waals surface area contributed by atoms with E-state index in [0.717, 1.165) is 25.7 Å². The van der Waals surface area contributed by atoms with E-state index < -0.39 is 11.6 Å². The molecule has 1 aromatic rings. The summed E-state index contributed by atoms with van der Waals surface area (Å²) in [5, 5.41) is 9.36. The molecular weight excluding hydrogens is 228 g/mol. The van der Waals surface area contributed by atoms with Gasteiger partial charge >= 0.3 is 5.97 Å². The summed E-state index contributed by atoms with van der Waals surface area (Å²) in [5.74, 6) is -0.796. The molecule has 1 fully saturated rings. The van der Waals surface area contributed by atoms with Gasteiger partial charge in [-0.25, -0.2) is 4.79 Å². The molecule has 18 heavy (non-hydrogen) atoms. The number of carboxylic acids is 1. The van der Waals surface area contributed by atoms with Crippen molar-refractivity contribution in [1.82, 2.24) is 0 Å². The van der Waals surface area contributed by atoms with Crippen molar-refractivity contribution in [2.75, 3.05) is 6.61 Å². The summed E-state index contributed by atoms with van der Waals surface area (Å²) in [4.78, 5) is 11.4. The van der Waals surface area contributed by atoms with Crippen molar-refractivity contribution >= 4 is 5.97 Å². The fourth-order valence-corrected chi connectivity index (χ4v) is 2.55. The molecule has 1 saturated carbocycles. The predicted molar refractivity (Wildman–Crippen MR) is 69.5 cm³/mol. The van der Waals surface area contributed by atoms with Crippen LogP contribution < -0.4 is 0 Å². The zero-order valence-electron chi connectivity index (χ0n) is 10.6. The molecule has 0 unspecified atom stereocenters. The van der Waals surface area contributed by atoms with E-state index in [4.69, 9.17) is 4.74 Å². The van der Waals surface area contributed by atoms with Gasteiger partial charge in [0.25, 0.3) is 0 Å². The van der Waals surface area contributed by atoms with Gasteiger partial charge in [-0.2, -0.15) is 0 Å². The number of carboxylic acid groups (broad SMARTS) is 1. The lowest BCUT2D eigenvalue weighted by molar-refractivity contribution is -0.170. The summed E-state index contributed by atoms with van der Waals surface area (Å²) < 4.78 is 5.74. The first-order valence-electron chi connectivity index (χ1n) is 6.64. The minimum Gasteiger partial charge on any atom is -0.479 e. The van der Waals surface area contributed by atoms with E-state index >= 15 is 0 Å². The largest absolute Gasteiger partial charge is 0.479 e. The van der Waals surface area contributed by atoms with Crippen LogP contribution >= 0.6 is 0 Å². The molecule has 0 amide bonds. The molecule has 0 heterocycles. The molecule has 0 saturated heterocycles. The average Bonchev–Trinajstić information content (AvgIpc) is 2.41.